The van der Waals surface area contributed by atoms with Crippen LogP contribution in [0.25, 0.3) is 0 Å². The van der Waals surface area contributed by atoms with E-state index in [9.17, 15) is 40.9 Å². The van der Waals surface area contributed by atoms with Gasteiger partial charge in [0.25, 0.3) is 0 Å². The summed E-state index contributed by atoms with van der Waals surface area (Å²) in [5.74, 6) is 0. The molecule has 2 saturated heterocycles. The molecule has 36 heavy (non-hydrogen) atoms. The van der Waals surface area contributed by atoms with Gasteiger partial charge >= 0.3 is 0 Å². The average Bonchev–Trinajstić information content (AvgIpc) is 2.87. The zero-order chi connectivity index (χ0) is 26.7. The number of unbranched alkanes of at least 4 members (excludes halogenated alkanes) is 7. The van der Waals surface area contributed by atoms with Crippen molar-refractivity contribution in [3.05, 3.63) is 0 Å². The molecule has 2 heterocycles. The molecule has 12 nitrogen and oxygen atoms in total. The van der Waals surface area contributed by atoms with E-state index in [4.69, 9.17) is 18.9 Å². The van der Waals surface area contributed by atoms with Crippen molar-refractivity contribution in [3.8, 4) is 0 Å². The first-order valence-electron chi connectivity index (χ1n) is 13.1. The number of aliphatic hydroxyl groups excluding tert-OH is 8. The van der Waals surface area contributed by atoms with Crippen LogP contribution in [0.1, 0.15) is 64.7 Å². The molecule has 2 fully saturated rings. The minimum absolute atomic E-state index is 0.188. The van der Waals surface area contributed by atoms with E-state index in [0.717, 1.165) is 19.3 Å². The zero-order valence-electron chi connectivity index (χ0n) is 21.0. The molecular weight excluding hydrogens is 480 g/mol. The molecule has 0 spiro atoms. The summed E-state index contributed by atoms with van der Waals surface area (Å²) in [6.07, 6.45) is -6.33. The predicted molar refractivity (Wildman–Crippen MR) is 126 cm³/mol. The van der Waals surface area contributed by atoms with E-state index in [2.05, 4.69) is 6.92 Å². The predicted octanol–water partition coefficient (Wildman–Crippen LogP) is -1.48. The average molecular weight is 527 g/mol. The van der Waals surface area contributed by atoms with Crippen molar-refractivity contribution in [3.63, 3.8) is 0 Å². The fourth-order valence-electron chi connectivity index (χ4n) is 4.47. The molecule has 12 heteroatoms. The van der Waals surface area contributed by atoms with E-state index in [0.29, 0.717) is 6.42 Å². The number of rotatable bonds is 16. The minimum Gasteiger partial charge on any atom is -0.394 e. The molecule has 0 radical (unpaired) electrons. The van der Waals surface area contributed by atoms with E-state index in [1.165, 1.54) is 32.1 Å². The fourth-order valence-corrected chi connectivity index (χ4v) is 4.47. The summed E-state index contributed by atoms with van der Waals surface area (Å²) in [6.45, 7) is 0.673. The third kappa shape index (κ3) is 9.07. The Labute approximate surface area is 212 Å². The third-order valence-electron chi connectivity index (χ3n) is 6.81. The minimum atomic E-state index is -1.73. The monoisotopic (exact) mass is 526 g/mol. The van der Waals surface area contributed by atoms with Crippen LogP contribution in [0, 0.1) is 0 Å². The second-order valence-electron chi connectivity index (χ2n) is 9.76. The Bertz CT molecular complexity index is 581. The highest BCUT2D eigenvalue weighted by atomic mass is 16.8. The molecule has 2 rings (SSSR count). The number of ether oxygens (including phenoxy) is 4. The number of hydrogen-bond acceptors (Lipinski definition) is 12. The standard InChI is InChI=1S/C24H46O12/c1-2-3-4-5-6-7-8-9-10-14(27)13-33-22-20(31)18(29)16(12-26)35-24(22)36-23-21(32)19(30)17(28)15(11-25)34-23/h14-32H,2-13H2,1H3/t14?,15-,16-,17-,18-,19+,20+,21-,22-,23-,24-/m1/s1. The molecule has 0 bridgehead atoms. The van der Waals surface area contributed by atoms with Gasteiger partial charge in [0.2, 0.25) is 0 Å². The molecule has 8 N–H and O–H groups in total. The maximum absolute atomic E-state index is 10.6. The lowest BCUT2D eigenvalue weighted by Gasteiger charge is -2.45. The first kappa shape index (κ1) is 31.7. The van der Waals surface area contributed by atoms with E-state index in [-0.39, 0.29) is 6.61 Å². The summed E-state index contributed by atoms with van der Waals surface area (Å²) >= 11 is 0. The maximum atomic E-state index is 10.6. The molecule has 2 aliphatic heterocycles. The first-order chi connectivity index (χ1) is 17.2. The summed E-state index contributed by atoms with van der Waals surface area (Å²) in [5, 5.41) is 80.3. The van der Waals surface area contributed by atoms with Gasteiger partial charge in [-0.3, -0.25) is 0 Å². The molecule has 0 amide bonds. The fraction of sp³-hybridized carbons (Fsp3) is 1.00. The van der Waals surface area contributed by atoms with Gasteiger partial charge in [-0.1, -0.05) is 58.3 Å². The van der Waals surface area contributed by atoms with Crippen LogP contribution in [-0.4, -0.2) is 128 Å². The van der Waals surface area contributed by atoms with Gasteiger partial charge in [-0.25, -0.2) is 0 Å². The van der Waals surface area contributed by atoms with Crippen molar-refractivity contribution in [2.75, 3.05) is 19.8 Å². The van der Waals surface area contributed by atoms with Crippen LogP contribution in [0.5, 0.6) is 0 Å². The Hall–Kier alpha value is -0.480. The van der Waals surface area contributed by atoms with Crippen LogP contribution in [0.4, 0.5) is 0 Å². The van der Waals surface area contributed by atoms with Crippen LogP contribution >= 0.6 is 0 Å². The highest BCUT2D eigenvalue weighted by Gasteiger charge is 2.50. The van der Waals surface area contributed by atoms with Gasteiger partial charge in [0, 0.05) is 0 Å². The van der Waals surface area contributed by atoms with E-state index in [1.54, 1.807) is 0 Å². The second-order valence-corrected chi connectivity index (χ2v) is 9.76. The molecule has 0 aliphatic carbocycles. The number of aliphatic hydroxyl groups is 8. The molecular formula is C24H46O12. The molecule has 2 aliphatic rings. The smallest absolute Gasteiger partial charge is 0.190 e. The summed E-state index contributed by atoms with van der Waals surface area (Å²) in [4.78, 5) is 0. The Morgan fingerprint density at radius 1 is 0.667 bits per heavy atom. The van der Waals surface area contributed by atoms with Crippen LogP contribution < -0.4 is 0 Å². The lowest BCUT2D eigenvalue weighted by molar-refractivity contribution is -0.380. The van der Waals surface area contributed by atoms with Crippen molar-refractivity contribution < 1.29 is 59.8 Å². The van der Waals surface area contributed by atoms with Gasteiger partial charge in [0.05, 0.1) is 25.9 Å². The Balaban J connectivity index is 1.90. The molecule has 1 unspecified atom stereocenters. The van der Waals surface area contributed by atoms with Gasteiger partial charge in [-0.05, 0) is 6.42 Å². The summed E-state index contributed by atoms with van der Waals surface area (Å²) < 4.78 is 22.1. The Kier molecular flexibility index (Phi) is 14.5. The van der Waals surface area contributed by atoms with Crippen molar-refractivity contribution in [2.24, 2.45) is 0 Å². The molecule has 11 atom stereocenters. The van der Waals surface area contributed by atoms with Gasteiger partial charge in [0.1, 0.15) is 48.8 Å². The molecule has 0 aromatic heterocycles. The van der Waals surface area contributed by atoms with E-state index in [1.807, 2.05) is 0 Å². The molecule has 0 aromatic carbocycles. The third-order valence-corrected chi connectivity index (χ3v) is 6.81. The zero-order valence-corrected chi connectivity index (χ0v) is 21.0. The first-order valence-corrected chi connectivity index (χ1v) is 13.1. The summed E-state index contributed by atoms with van der Waals surface area (Å²) in [6, 6.07) is 0. The van der Waals surface area contributed by atoms with E-state index < -0.39 is 80.7 Å². The lowest BCUT2D eigenvalue weighted by atomic mass is 9.98. The Morgan fingerprint density at radius 3 is 1.78 bits per heavy atom. The lowest BCUT2D eigenvalue weighted by Crippen LogP contribution is -2.64. The highest BCUT2D eigenvalue weighted by Crippen LogP contribution is 2.29. The highest BCUT2D eigenvalue weighted by molar-refractivity contribution is 4.93. The van der Waals surface area contributed by atoms with Gasteiger partial charge in [0.15, 0.2) is 12.6 Å². The van der Waals surface area contributed by atoms with Gasteiger partial charge in [-0.15, -0.1) is 0 Å². The van der Waals surface area contributed by atoms with Crippen molar-refractivity contribution in [1.82, 2.24) is 0 Å². The van der Waals surface area contributed by atoms with Crippen LogP contribution in [-0.2, 0) is 18.9 Å². The normalized spacial score (nSPS) is 38.2. The number of hydrogen-bond donors (Lipinski definition) is 8. The largest absolute Gasteiger partial charge is 0.394 e. The molecule has 0 aromatic rings. The van der Waals surface area contributed by atoms with E-state index >= 15 is 0 Å². The van der Waals surface area contributed by atoms with Crippen molar-refractivity contribution in [2.45, 2.75) is 132 Å². The maximum Gasteiger partial charge on any atom is 0.190 e. The van der Waals surface area contributed by atoms with Crippen molar-refractivity contribution >= 4 is 0 Å². The Morgan fingerprint density at radius 2 is 1.19 bits per heavy atom. The summed E-state index contributed by atoms with van der Waals surface area (Å²) in [5.41, 5.74) is 0. The molecule has 0 saturated carbocycles. The summed E-state index contributed by atoms with van der Waals surface area (Å²) in [7, 11) is 0. The quantitative estimate of drug-likeness (QED) is 0.109. The second kappa shape index (κ2) is 16.5. The van der Waals surface area contributed by atoms with Crippen molar-refractivity contribution in [1.29, 1.82) is 0 Å². The SMILES string of the molecule is CCCCCCCCCCC(O)CO[C@H]1[C@@H](O[C@H]2O[C@H](CO)[C@@H](O)[C@H](O)[C@H]2O)O[C@H](CO)[C@@H](O)[C@@H]1O. The van der Waals surface area contributed by atoms with Gasteiger partial charge in [-0.2, -0.15) is 0 Å². The van der Waals surface area contributed by atoms with Crippen LogP contribution in [0.2, 0.25) is 0 Å². The van der Waals surface area contributed by atoms with Crippen LogP contribution in [0.15, 0.2) is 0 Å². The topological polar surface area (TPSA) is 199 Å². The molecule has 214 valence electrons. The van der Waals surface area contributed by atoms with Gasteiger partial charge < -0.3 is 59.8 Å². The van der Waals surface area contributed by atoms with Crippen LogP contribution in [0.3, 0.4) is 0 Å².